The molecule has 0 aromatic heterocycles. The Bertz CT molecular complexity index is 427. The summed E-state index contributed by atoms with van der Waals surface area (Å²) in [5.41, 5.74) is 6.47. The molecule has 0 saturated heterocycles. The average molecular weight is 275 g/mol. The lowest BCUT2D eigenvalue weighted by Gasteiger charge is -2.10. The molecule has 4 nitrogen and oxygen atoms in total. The highest BCUT2D eigenvalue weighted by Gasteiger charge is 2.06. The molecular formula is C12H16ClFN2O2. The normalized spacial score (nSPS) is 10.2. The molecule has 0 amide bonds. The lowest BCUT2D eigenvalue weighted by Crippen LogP contribution is -2.09. The molecule has 0 aliphatic heterocycles. The summed E-state index contributed by atoms with van der Waals surface area (Å²) in [6.45, 7) is 2.68. The number of nitrogens with one attached hydrogen (secondary N) is 1. The number of anilines is 2. The zero-order chi connectivity index (χ0) is 13.5. The molecule has 0 heterocycles. The van der Waals surface area contributed by atoms with Gasteiger partial charge in [-0.1, -0.05) is 11.6 Å². The Balaban J connectivity index is 2.40. The number of esters is 1. The van der Waals surface area contributed by atoms with E-state index in [4.69, 9.17) is 22.1 Å². The van der Waals surface area contributed by atoms with E-state index in [9.17, 15) is 9.18 Å². The van der Waals surface area contributed by atoms with Gasteiger partial charge in [0.1, 0.15) is 5.82 Å². The third-order valence-corrected chi connectivity index (χ3v) is 2.56. The summed E-state index contributed by atoms with van der Waals surface area (Å²) in [5.74, 6) is -0.782. The first kappa shape index (κ1) is 14.6. The first-order valence-electron chi connectivity index (χ1n) is 5.68. The minimum atomic E-state index is -0.550. The Kier molecular flexibility index (Phi) is 5.71. The molecule has 0 aliphatic carbocycles. The number of hydrogen-bond acceptors (Lipinski definition) is 4. The van der Waals surface area contributed by atoms with Crippen molar-refractivity contribution < 1.29 is 13.9 Å². The Labute approximate surface area is 110 Å². The van der Waals surface area contributed by atoms with Crippen LogP contribution in [0.25, 0.3) is 0 Å². The number of carbonyl (C=O) groups is 1. The molecule has 0 aliphatic rings. The molecule has 18 heavy (non-hydrogen) atoms. The van der Waals surface area contributed by atoms with Gasteiger partial charge in [0.2, 0.25) is 0 Å². The number of rotatable bonds is 6. The summed E-state index contributed by atoms with van der Waals surface area (Å²) in [4.78, 5) is 11.1. The van der Waals surface area contributed by atoms with Crippen LogP contribution in [-0.4, -0.2) is 19.1 Å². The zero-order valence-electron chi connectivity index (χ0n) is 10.1. The van der Waals surface area contributed by atoms with Crippen LogP contribution in [-0.2, 0) is 9.53 Å². The van der Waals surface area contributed by atoms with Crippen LogP contribution >= 0.6 is 11.6 Å². The minimum Gasteiger partial charge on any atom is -0.466 e. The molecule has 0 fully saturated rings. The predicted molar refractivity (Wildman–Crippen MR) is 70.2 cm³/mol. The van der Waals surface area contributed by atoms with E-state index in [2.05, 4.69) is 5.32 Å². The molecule has 0 bridgehead atoms. The van der Waals surface area contributed by atoms with Gasteiger partial charge in [0.25, 0.3) is 0 Å². The highest BCUT2D eigenvalue weighted by Crippen LogP contribution is 2.26. The summed E-state index contributed by atoms with van der Waals surface area (Å²) in [6, 6.07) is 2.59. The van der Waals surface area contributed by atoms with Crippen LogP contribution in [0.2, 0.25) is 5.02 Å². The first-order valence-corrected chi connectivity index (χ1v) is 6.06. The second kappa shape index (κ2) is 7.06. The van der Waals surface area contributed by atoms with Crippen molar-refractivity contribution in [3.05, 3.63) is 23.0 Å². The molecule has 0 atom stereocenters. The Morgan fingerprint density at radius 1 is 1.56 bits per heavy atom. The molecule has 0 unspecified atom stereocenters. The van der Waals surface area contributed by atoms with E-state index >= 15 is 0 Å². The fourth-order valence-corrected chi connectivity index (χ4v) is 1.57. The molecule has 100 valence electrons. The van der Waals surface area contributed by atoms with E-state index in [-0.39, 0.29) is 16.7 Å². The molecule has 0 radical (unpaired) electrons. The van der Waals surface area contributed by atoms with Crippen molar-refractivity contribution >= 4 is 28.9 Å². The zero-order valence-corrected chi connectivity index (χ0v) is 10.9. The largest absolute Gasteiger partial charge is 0.466 e. The van der Waals surface area contributed by atoms with Crippen LogP contribution in [0, 0.1) is 5.82 Å². The number of carbonyl (C=O) groups excluding carboxylic acids is 1. The number of ether oxygens (including phenoxy) is 1. The van der Waals surface area contributed by atoms with Crippen LogP contribution in [0.15, 0.2) is 12.1 Å². The highest BCUT2D eigenvalue weighted by molar-refractivity contribution is 6.31. The molecule has 1 aromatic rings. The Hall–Kier alpha value is -1.49. The molecule has 3 N–H and O–H groups in total. The first-order chi connectivity index (χ1) is 8.54. The second-order valence-electron chi connectivity index (χ2n) is 3.69. The average Bonchev–Trinajstić information content (AvgIpc) is 2.31. The van der Waals surface area contributed by atoms with Gasteiger partial charge in [-0.2, -0.15) is 0 Å². The molecule has 0 saturated carbocycles. The highest BCUT2D eigenvalue weighted by atomic mass is 35.5. The van der Waals surface area contributed by atoms with Crippen LogP contribution in [0.4, 0.5) is 15.8 Å². The fourth-order valence-electron chi connectivity index (χ4n) is 1.40. The van der Waals surface area contributed by atoms with E-state index in [1.165, 1.54) is 6.07 Å². The third-order valence-electron chi connectivity index (χ3n) is 2.27. The lowest BCUT2D eigenvalue weighted by molar-refractivity contribution is -0.143. The van der Waals surface area contributed by atoms with E-state index in [1.54, 1.807) is 6.92 Å². The van der Waals surface area contributed by atoms with Crippen molar-refractivity contribution in [2.24, 2.45) is 0 Å². The van der Waals surface area contributed by atoms with Gasteiger partial charge in [0.05, 0.1) is 23.0 Å². The standard InChI is InChI=1S/C12H16ClFN2O2/c1-2-18-12(17)4-3-5-16-11-6-8(13)9(14)7-10(11)15/h6-7,16H,2-5,15H2,1H3. The Morgan fingerprint density at radius 2 is 2.28 bits per heavy atom. The topological polar surface area (TPSA) is 64.3 Å². The van der Waals surface area contributed by atoms with Gasteiger partial charge in [-0.3, -0.25) is 4.79 Å². The van der Waals surface area contributed by atoms with Crippen molar-refractivity contribution in [3.8, 4) is 0 Å². The number of benzene rings is 1. The quantitative estimate of drug-likeness (QED) is 0.476. The van der Waals surface area contributed by atoms with Crippen LogP contribution in [0.5, 0.6) is 0 Å². The maximum atomic E-state index is 13.0. The summed E-state index contributed by atoms with van der Waals surface area (Å²) < 4.78 is 17.8. The predicted octanol–water partition coefficient (Wildman–Crippen LogP) is 2.82. The molecule has 6 heteroatoms. The smallest absolute Gasteiger partial charge is 0.305 e. The van der Waals surface area contributed by atoms with E-state index in [0.29, 0.717) is 31.7 Å². The Morgan fingerprint density at radius 3 is 2.94 bits per heavy atom. The van der Waals surface area contributed by atoms with Gasteiger partial charge in [-0.05, 0) is 19.4 Å². The van der Waals surface area contributed by atoms with Crippen LogP contribution < -0.4 is 11.1 Å². The van der Waals surface area contributed by atoms with Crippen molar-refractivity contribution in [1.29, 1.82) is 0 Å². The maximum Gasteiger partial charge on any atom is 0.305 e. The number of nitrogen functional groups attached to an aromatic ring is 1. The SMILES string of the molecule is CCOC(=O)CCCNc1cc(Cl)c(F)cc1N. The van der Waals surface area contributed by atoms with Gasteiger partial charge in [0, 0.05) is 19.0 Å². The van der Waals surface area contributed by atoms with E-state index in [0.717, 1.165) is 6.07 Å². The lowest BCUT2D eigenvalue weighted by atomic mass is 10.2. The van der Waals surface area contributed by atoms with Crippen molar-refractivity contribution in [1.82, 2.24) is 0 Å². The van der Waals surface area contributed by atoms with Gasteiger partial charge in [-0.15, -0.1) is 0 Å². The van der Waals surface area contributed by atoms with Gasteiger partial charge < -0.3 is 15.8 Å². The summed E-state index contributed by atoms with van der Waals surface area (Å²) in [7, 11) is 0. The van der Waals surface area contributed by atoms with Crippen molar-refractivity contribution in [2.75, 3.05) is 24.2 Å². The summed E-state index contributed by atoms with van der Waals surface area (Å²) in [6.07, 6.45) is 0.933. The maximum absolute atomic E-state index is 13.0. The van der Waals surface area contributed by atoms with Crippen LogP contribution in [0.3, 0.4) is 0 Å². The monoisotopic (exact) mass is 274 g/mol. The summed E-state index contributed by atoms with van der Waals surface area (Å²) in [5, 5.41) is 3.01. The van der Waals surface area contributed by atoms with Gasteiger partial charge in [0.15, 0.2) is 0 Å². The van der Waals surface area contributed by atoms with Crippen molar-refractivity contribution in [3.63, 3.8) is 0 Å². The van der Waals surface area contributed by atoms with Gasteiger partial charge >= 0.3 is 5.97 Å². The molecule has 1 rings (SSSR count). The van der Waals surface area contributed by atoms with Gasteiger partial charge in [-0.25, -0.2) is 4.39 Å². The molecule has 1 aromatic carbocycles. The summed E-state index contributed by atoms with van der Waals surface area (Å²) >= 11 is 5.65. The number of halogens is 2. The van der Waals surface area contributed by atoms with E-state index < -0.39 is 5.82 Å². The van der Waals surface area contributed by atoms with Crippen LogP contribution in [0.1, 0.15) is 19.8 Å². The third kappa shape index (κ3) is 4.41. The fraction of sp³-hybridized carbons (Fsp3) is 0.417. The number of hydrogen-bond donors (Lipinski definition) is 2. The number of nitrogens with two attached hydrogens (primary N) is 1. The van der Waals surface area contributed by atoms with E-state index in [1.807, 2.05) is 0 Å². The second-order valence-corrected chi connectivity index (χ2v) is 4.10. The van der Waals surface area contributed by atoms with Crippen molar-refractivity contribution in [2.45, 2.75) is 19.8 Å². The molecular weight excluding hydrogens is 259 g/mol. The minimum absolute atomic E-state index is 0.0112. The molecule has 0 spiro atoms.